The molecule has 98 valence electrons. The summed E-state index contributed by atoms with van der Waals surface area (Å²) in [5, 5.41) is 3.64. The van der Waals surface area contributed by atoms with Crippen molar-refractivity contribution in [1.82, 2.24) is 10.3 Å². The van der Waals surface area contributed by atoms with Gasteiger partial charge in [-0.15, -0.1) is 0 Å². The fraction of sp³-hybridized carbons (Fsp3) is 0.353. The smallest absolute Gasteiger partial charge is 0.0701 e. The Morgan fingerprint density at radius 2 is 1.79 bits per heavy atom. The van der Waals surface area contributed by atoms with E-state index in [4.69, 9.17) is 0 Å². The van der Waals surface area contributed by atoms with Gasteiger partial charge in [0.2, 0.25) is 0 Å². The molecule has 1 N–H and O–H groups in total. The Bertz CT molecular complexity index is 499. The first-order valence-corrected chi connectivity index (χ1v) is 7.15. The molecule has 0 aliphatic heterocycles. The maximum absolute atomic E-state index is 4.37. The van der Waals surface area contributed by atoms with Crippen LogP contribution in [0.25, 0.3) is 11.3 Å². The summed E-state index contributed by atoms with van der Waals surface area (Å²) in [6, 6.07) is 15.5. The maximum Gasteiger partial charge on any atom is 0.0701 e. The first kappa shape index (κ1) is 12.4. The fourth-order valence-corrected chi connectivity index (χ4v) is 2.72. The van der Waals surface area contributed by atoms with Gasteiger partial charge in [-0.25, -0.2) is 0 Å². The summed E-state index contributed by atoms with van der Waals surface area (Å²) in [7, 11) is 0. The monoisotopic (exact) mass is 252 g/mol. The van der Waals surface area contributed by atoms with Crippen LogP contribution in [0.1, 0.15) is 31.2 Å². The topological polar surface area (TPSA) is 24.9 Å². The van der Waals surface area contributed by atoms with E-state index in [2.05, 4.69) is 34.6 Å². The second-order valence-electron chi connectivity index (χ2n) is 5.27. The lowest BCUT2D eigenvalue weighted by Crippen LogP contribution is -2.25. The van der Waals surface area contributed by atoms with E-state index < -0.39 is 0 Å². The molecule has 1 aliphatic carbocycles. The minimum atomic E-state index is 0.732. The number of benzene rings is 1. The van der Waals surface area contributed by atoms with Crippen molar-refractivity contribution < 1.29 is 0 Å². The van der Waals surface area contributed by atoms with Gasteiger partial charge in [0.25, 0.3) is 0 Å². The lowest BCUT2D eigenvalue weighted by molar-refractivity contribution is 0.524. The van der Waals surface area contributed by atoms with Gasteiger partial charge in [0.15, 0.2) is 0 Å². The predicted molar refractivity (Wildman–Crippen MR) is 78.8 cm³/mol. The molecule has 0 amide bonds. The molecule has 19 heavy (non-hydrogen) atoms. The van der Waals surface area contributed by atoms with Crippen LogP contribution in [0.15, 0.2) is 48.7 Å². The molecule has 0 bridgehead atoms. The van der Waals surface area contributed by atoms with Crippen LogP contribution in [-0.2, 0) is 6.54 Å². The Balaban J connectivity index is 1.62. The standard InChI is InChI=1S/C17H20N2/c1-2-6-16(5-1)19-13-14-8-10-15(11-9-14)17-7-3-4-12-18-17/h3-4,7-12,16,19H,1-2,5-6,13H2. The SMILES string of the molecule is c1ccc(-c2ccc(CNC3CCCC3)cc2)nc1. The molecule has 2 aromatic rings. The lowest BCUT2D eigenvalue weighted by atomic mass is 10.1. The van der Waals surface area contributed by atoms with Crippen LogP contribution in [0.3, 0.4) is 0 Å². The molecular weight excluding hydrogens is 232 g/mol. The van der Waals surface area contributed by atoms with E-state index in [1.807, 2.05) is 24.4 Å². The highest BCUT2D eigenvalue weighted by Gasteiger charge is 2.13. The Hall–Kier alpha value is -1.67. The largest absolute Gasteiger partial charge is 0.310 e. The third-order valence-electron chi connectivity index (χ3n) is 3.86. The average molecular weight is 252 g/mol. The third kappa shape index (κ3) is 3.21. The summed E-state index contributed by atoms with van der Waals surface area (Å²) >= 11 is 0. The van der Waals surface area contributed by atoms with Gasteiger partial charge in [-0.2, -0.15) is 0 Å². The highest BCUT2D eigenvalue weighted by Crippen LogP contribution is 2.19. The molecule has 0 spiro atoms. The lowest BCUT2D eigenvalue weighted by Gasteiger charge is -2.11. The molecule has 1 fully saturated rings. The van der Waals surface area contributed by atoms with E-state index >= 15 is 0 Å². The summed E-state index contributed by atoms with van der Waals surface area (Å²) in [5.74, 6) is 0. The summed E-state index contributed by atoms with van der Waals surface area (Å²) < 4.78 is 0. The predicted octanol–water partition coefficient (Wildman–Crippen LogP) is 3.78. The molecule has 1 aromatic heterocycles. The molecule has 1 aromatic carbocycles. The zero-order valence-corrected chi connectivity index (χ0v) is 11.2. The van der Waals surface area contributed by atoms with Crippen molar-refractivity contribution in [2.45, 2.75) is 38.3 Å². The molecule has 1 saturated carbocycles. The molecule has 0 saturated heterocycles. The van der Waals surface area contributed by atoms with Gasteiger partial charge in [0.1, 0.15) is 0 Å². The van der Waals surface area contributed by atoms with E-state index in [1.54, 1.807) is 0 Å². The van der Waals surface area contributed by atoms with Crippen molar-refractivity contribution in [3.8, 4) is 11.3 Å². The van der Waals surface area contributed by atoms with E-state index in [-0.39, 0.29) is 0 Å². The average Bonchev–Trinajstić information content (AvgIpc) is 3.00. The Morgan fingerprint density at radius 1 is 1.00 bits per heavy atom. The molecule has 1 aliphatic rings. The Morgan fingerprint density at radius 3 is 2.47 bits per heavy atom. The van der Waals surface area contributed by atoms with Crippen LogP contribution >= 0.6 is 0 Å². The summed E-state index contributed by atoms with van der Waals surface area (Å²) in [6.07, 6.45) is 7.29. The van der Waals surface area contributed by atoms with Crippen molar-refractivity contribution in [2.24, 2.45) is 0 Å². The number of aromatic nitrogens is 1. The van der Waals surface area contributed by atoms with Gasteiger partial charge in [-0.05, 0) is 30.5 Å². The highest BCUT2D eigenvalue weighted by molar-refractivity contribution is 5.58. The van der Waals surface area contributed by atoms with Crippen molar-refractivity contribution in [3.63, 3.8) is 0 Å². The summed E-state index contributed by atoms with van der Waals surface area (Å²) in [6.45, 7) is 0.979. The van der Waals surface area contributed by atoms with E-state index in [9.17, 15) is 0 Å². The van der Waals surface area contributed by atoms with Gasteiger partial charge >= 0.3 is 0 Å². The highest BCUT2D eigenvalue weighted by atomic mass is 14.9. The van der Waals surface area contributed by atoms with Crippen molar-refractivity contribution in [1.29, 1.82) is 0 Å². The van der Waals surface area contributed by atoms with Crippen LogP contribution in [0.4, 0.5) is 0 Å². The van der Waals surface area contributed by atoms with Crippen LogP contribution in [-0.4, -0.2) is 11.0 Å². The molecule has 0 atom stereocenters. The molecular formula is C17H20N2. The number of rotatable bonds is 4. The number of hydrogen-bond acceptors (Lipinski definition) is 2. The first-order valence-electron chi connectivity index (χ1n) is 7.15. The summed E-state index contributed by atoms with van der Waals surface area (Å²) in [4.78, 5) is 4.37. The minimum absolute atomic E-state index is 0.732. The number of nitrogens with zero attached hydrogens (tertiary/aromatic N) is 1. The second kappa shape index (κ2) is 5.98. The zero-order chi connectivity index (χ0) is 12.9. The van der Waals surface area contributed by atoms with Crippen molar-refractivity contribution in [3.05, 3.63) is 54.2 Å². The Labute approximate surface area is 114 Å². The van der Waals surface area contributed by atoms with E-state index in [0.29, 0.717) is 0 Å². The third-order valence-corrected chi connectivity index (χ3v) is 3.86. The van der Waals surface area contributed by atoms with Crippen LogP contribution in [0, 0.1) is 0 Å². The number of hydrogen-bond donors (Lipinski definition) is 1. The maximum atomic E-state index is 4.37. The van der Waals surface area contributed by atoms with Crippen molar-refractivity contribution in [2.75, 3.05) is 0 Å². The molecule has 0 radical (unpaired) electrons. The van der Waals surface area contributed by atoms with Gasteiger partial charge in [0.05, 0.1) is 5.69 Å². The first-order chi connectivity index (χ1) is 9.42. The molecule has 2 nitrogen and oxygen atoms in total. The molecule has 0 unspecified atom stereocenters. The Kier molecular flexibility index (Phi) is 3.89. The van der Waals surface area contributed by atoms with Gasteiger partial charge in [-0.3, -0.25) is 4.98 Å². The number of nitrogens with one attached hydrogen (secondary N) is 1. The quantitative estimate of drug-likeness (QED) is 0.895. The summed E-state index contributed by atoms with van der Waals surface area (Å²) in [5.41, 5.74) is 3.58. The molecule has 1 heterocycles. The minimum Gasteiger partial charge on any atom is -0.310 e. The van der Waals surface area contributed by atoms with Gasteiger partial charge in [0, 0.05) is 24.3 Å². The van der Waals surface area contributed by atoms with Crippen molar-refractivity contribution >= 4 is 0 Å². The van der Waals surface area contributed by atoms with E-state index in [1.165, 1.54) is 36.8 Å². The van der Waals surface area contributed by atoms with Crippen LogP contribution < -0.4 is 5.32 Å². The molecule has 3 rings (SSSR count). The zero-order valence-electron chi connectivity index (χ0n) is 11.2. The molecule has 2 heteroatoms. The van der Waals surface area contributed by atoms with Crippen LogP contribution in [0.2, 0.25) is 0 Å². The normalized spacial score (nSPS) is 15.8. The fourth-order valence-electron chi connectivity index (χ4n) is 2.72. The van der Waals surface area contributed by atoms with Crippen LogP contribution in [0.5, 0.6) is 0 Å². The van der Waals surface area contributed by atoms with Gasteiger partial charge < -0.3 is 5.32 Å². The van der Waals surface area contributed by atoms with E-state index in [0.717, 1.165) is 18.3 Å². The number of pyridine rings is 1. The second-order valence-corrected chi connectivity index (χ2v) is 5.27. The van der Waals surface area contributed by atoms with Gasteiger partial charge in [-0.1, -0.05) is 43.2 Å².